The molecule has 3 N–H and O–H groups in total. The number of rotatable bonds is 18. The number of aliphatic hydroxyl groups excluding tert-OH is 1. The maximum Gasteiger partial charge on any atom is 0.329 e. The van der Waals surface area contributed by atoms with Crippen molar-refractivity contribution in [3.63, 3.8) is 0 Å². The van der Waals surface area contributed by atoms with Crippen molar-refractivity contribution in [2.45, 2.75) is 95.8 Å². The normalized spacial score (nSPS) is 16.0. The predicted octanol–water partition coefficient (Wildman–Crippen LogP) is 4.12. The molecule has 0 aromatic heterocycles. The highest BCUT2D eigenvalue weighted by atomic mass is 16.5. The molecule has 0 saturated heterocycles. The fraction of sp³-hybridized carbons (Fsp3) is 0.621. The van der Waals surface area contributed by atoms with Crippen LogP contribution in [-0.4, -0.2) is 67.4 Å². The minimum atomic E-state index is -1.13. The molecule has 3 atom stereocenters. The Balaban J connectivity index is 2.06. The van der Waals surface area contributed by atoms with Gasteiger partial charge in [-0.2, -0.15) is 0 Å². The molecule has 2 rings (SSSR count). The Bertz CT molecular complexity index is 955. The molecule has 0 fully saturated rings. The number of primary amides is 1. The molecule has 10 nitrogen and oxygen atoms in total. The van der Waals surface area contributed by atoms with Crippen molar-refractivity contribution in [1.82, 2.24) is 4.90 Å². The minimum absolute atomic E-state index is 0.269. The third kappa shape index (κ3) is 9.45. The number of nitrogens with zero attached hydrogens (tertiary/aromatic N) is 1. The summed E-state index contributed by atoms with van der Waals surface area (Å²) in [4.78, 5) is 39.1. The lowest BCUT2D eigenvalue weighted by molar-refractivity contribution is -0.154. The van der Waals surface area contributed by atoms with Crippen LogP contribution in [0.25, 0.3) is 0 Å². The number of benzene rings is 1. The standard InChI is InChI=1S/C29H44N2O8/c1-5-6-7-9-13-21(14-10-8-11-16-23(32)27(30)33)39-29(35)22-15-12-17-31(22)28(34)20-18-24(36-2)26(38-4)25(19-20)37-3/h12,17-19,21-23,32H,5-11,13-16H2,1-4H3,(H2,30,33)/t21-,22+,23-/m1/s1. The van der Waals surface area contributed by atoms with Crippen LogP contribution in [-0.2, 0) is 14.3 Å². The zero-order valence-electron chi connectivity index (χ0n) is 23.6. The molecule has 218 valence electrons. The minimum Gasteiger partial charge on any atom is -0.493 e. The molecule has 39 heavy (non-hydrogen) atoms. The van der Waals surface area contributed by atoms with Gasteiger partial charge in [-0.25, -0.2) is 4.79 Å². The summed E-state index contributed by atoms with van der Waals surface area (Å²) in [5.41, 5.74) is 5.40. The van der Waals surface area contributed by atoms with Crippen LogP contribution in [0.1, 0.15) is 87.9 Å². The van der Waals surface area contributed by atoms with E-state index in [-0.39, 0.29) is 12.0 Å². The van der Waals surface area contributed by atoms with E-state index in [2.05, 4.69) is 6.92 Å². The van der Waals surface area contributed by atoms with Gasteiger partial charge < -0.3 is 34.7 Å². The van der Waals surface area contributed by atoms with Crippen LogP contribution in [0.2, 0.25) is 0 Å². The fourth-order valence-electron chi connectivity index (χ4n) is 4.63. The van der Waals surface area contributed by atoms with Gasteiger partial charge in [0.05, 0.1) is 21.3 Å². The summed E-state index contributed by atoms with van der Waals surface area (Å²) < 4.78 is 22.0. The van der Waals surface area contributed by atoms with Crippen molar-refractivity contribution in [3.8, 4) is 17.2 Å². The van der Waals surface area contributed by atoms with Gasteiger partial charge in [0.15, 0.2) is 11.5 Å². The van der Waals surface area contributed by atoms with Gasteiger partial charge in [-0.3, -0.25) is 9.59 Å². The molecule has 1 aliphatic rings. The van der Waals surface area contributed by atoms with Crippen molar-refractivity contribution in [3.05, 3.63) is 30.0 Å². The Hall–Kier alpha value is -3.27. The van der Waals surface area contributed by atoms with Crippen molar-refractivity contribution in [2.24, 2.45) is 5.73 Å². The number of hydrogen-bond donors (Lipinski definition) is 2. The van der Waals surface area contributed by atoms with Crippen LogP contribution in [0.15, 0.2) is 24.4 Å². The average Bonchev–Trinajstić information content (AvgIpc) is 3.43. The van der Waals surface area contributed by atoms with Gasteiger partial charge >= 0.3 is 5.97 Å². The van der Waals surface area contributed by atoms with Crippen LogP contribution in [0.4, 0.5) is 0 Å². The summed E-state index contributed by atoms with van der Waals surface area (Å²) in [6.45, 7) is 2.14. The highest BCUT2D eigenvalue weighted by molar-refractivity contribution is 5.99. The summed E-state index contributed by atoms with van der Waals surface area (Å²) in [6, 6.07) is 2.36. The molecule has 0 bridgehead atoms. The monoisotopic (exact) mass is 548 g/mol. The molecule has 0 unspecified atom stereocenters. The van der Waals surface area contributed by atoms with Gasteiger partial charge in [0.1, 0.15) is 18.2 Å². The first-order valence-electron chi connectivity index (χ1n) is 13.7. The van der Waals surface area contributed by atoms with Gasteiger partial charge in [-0.1, -0.05) is 45.1 Å². The van der Waals surface area contributed by atoms with Crippen LogP contribution < -0.4 is 19.9 Å². The molecule has 1 heterocycles. The maximum absolute atomic E-state index is 13.4. The molecule has 10 heteroatoms. The van der Waals surface area contributed by atoms with Crippen molar-refractivity contribution in [1.29, 1.82) is 0 Å². The zero-order valence-corrected chi connectivity index (χ0v) is 23.6. The van der Waals surface area contributed by atoms with Crippen molar-refractivity contribution >= 4 is 17.8 Å². The number of unbranched alkanes of at least 4 members (excludes halogenated alkanes) is 5. The number of hydrogen-bond acceptors (Lipinski definition) is 8. The van der Waals surface area contributed by atoms with E-state index in [0.717, 1.165) is 44.9 Å². The molecule has 1 aromatic carbocycles. The summed E-state index contributed by atoms with van der Waals surface area (Å²) in [5, 5.41) is 9.58. The van der Waals surface area contributed by atoms with Gasteiger partial charge in [-0.05, 0) is 50.7 Å². The number of nitrogens with two attached hydrogens (primary N) is 1. The van der Waals surface area contributed by atoms with Crippen molar-refractivity contribution in [2.75, 3.05) is 21.3 Å². The topological polar surface area (TPSA) is 138 Å². The van der Waals surface area contributed by atoms with E-state index in [1.165, 1.54) is 26.2 Å². The summed E-state index contributed by atoms with van der Waals surface area (Å²) in [6.07, 6.45) is 10.6. The quantitative estimate of drug-likeness (QED) is 0.206. The number of amides is 2. The number of carbonyl (C=O) groups is 3. The molecular weight excluding hydrogens is 504 g/mol. The number of esters is 1. The molecule has 1 aliphatic heterocycles. The summed E-state index contributed by atoms with van der Waals surface area (Å²) in [5.74, 6) is -0.466. The first-order valence-corrected chi connectivity index (χ1v) is 13.7. The Kier molecular flexibility index (Phi) is 13.6. The lowest BCUT2D eigenvalue weighted by Gasteiger charge is -2.26. The highest BCUT2D eigenvalue weighted by Crippen LogP contribution is 2.39. The lowest BCUT2D eigenvalue weighted by atomic mass is 10.0. The average molecular weight is 549 g/mol. The Morgan fingerprint density at radius 3 is 2.08 bits per heavy atom. The van der Waals surface area contributed by atoms with E-state index in [1.54, 1.807) is 24.4 Å². The molecule has 0 aliphatic carbocycles. The molecule has 0 spiro atoms. The van der Waals surface area contributed by atoms with Gasteiger partial charge in [-0.15, -0.1) is 0 Å². The van der Waals surface area contributed by atoms with Gasteiger partial charge in [0.25, 0.3) is 5.91 Å². The Labute approximate surface area is 231 Å². The molecular formula is C29H44N2O8. The van der Waals surface area contributed by atoms with Crippen LogP contribution in [0.3, 0.4) is 0 Å². The summed E-state index contributed by atoms with van der Waals surface area (Å²) >= 11 is 0. The van der Waals surface area contributed by atoms with E-state index in [0.29, 0.717) is 48.5 Å². The second-order valence-electron chi connectivity index (χ2n) is 9.73. The van der Waals surface area contributed by atoms with E-state index in [1.807, 2.05) is 0 Å². The SMILES string of the molecule is CCCCCC[C@H](CCCCC[C@@H](O)C(N)=O)OC(=O)[C@@H]1CC=CN1C(=O)c1cc(OC)c(OC)c(OC)c1. The lowest BCUT2D eigenvalue weighted by Crippen LogP contribution is -2.41. The summed E-state index contributed by atoms with van der Waals surface area (Å²) in [7, 11) is 4.43. The van der Waals surface area contributed by atoms with E-state index >= 15 is 0 Å². The molecule has 2 amide bonds. The van der Waals surface area contributed by atoms with Crippen LogP contribution >= 0.6 is 0 Å². The Morgan fingerprint density at radius 2 is 1.54 bits per heavy atom. The highest BCUT2D eigenvalue weighted by Gasteiger charge is 2.35. The molecule has 0 radical (unpaired) electrons. The molecule has 0 saturated carbocycles. The van der Waals surface area contributed by atoms with Gasteiger partial charge in [0.2, 0.25) is 11.7 Å². The van der Waals surface area contributed by atoms with E-state index in [4.69, 9.17) is 24.7 Å². The first-order chi connectivity index (χ1) is 18.8. The van der Waals surface area contributed by atoms with E-state index in [9.17, 15) is 19.5 Å². The zero-order chi connectivity index (χ0) is 28.8. The predicted molar refractivity (Wildman–Crippen MR) is 147 cm³/mol. The molecule has 1 aromatic rings. The van der Waals surface area contributed by atoms with Gasteiger partial charge in [0, 0.05) is 11.8 Å². The number of carbonyl (C=O) groups excluding carboxylic acids is 3. The second kappa shape index (κ2) is 16.6. The maximum atomic E-state index is 13.4. The number of ether oxygens (including phenoxy) is 4. The number of methoxy groups -OCH3 is 3. The fourth-order valence-corrected chi connectivity index (χ4v) is 4.63. The van der Waals surface area contributed by atoms with Crippen LogP contribution in [0.5, 0.6) is 17.2 Å². The van der Waals surface area contributed by atoms with Crippen molar-refractivity contribution < 1.29 is 38.4 Å². The third-order valence-electron chi connectivity index (χ3n) is 6.87. The van der Waals surface area contributed by atoms with E-state index < -0.39 is 24.0 Å². The Morgan fingerprint density at radius 1 is 0.949 bits per heavy atom. The number of aliphatic hydroxyl groups is 1. The van der Waals surface area contributed by atoms with Crippen LogP contribution in [0, 0.1) is 0 Å². The largest absolute Gasteiger partial charge is 0.493 e. The second-order valence-corrected chi connectivity index (χ2v) is 9.73. The first kappa shape index (κ1) is 31.9. The third-order valence-corrected chi connectivity index (χ3v) is 6.87. The smallest absolute Gasteiger partial charge is 0.329 e.